The van der Waals surface area contributed by atoms with Crippen molar-refractivity contribution in [3.05, 3.63) is 60.2 Å². The largest absolute Gasteiger partial charge is 0.354 e. The van der Waals surface area contributed by atoms with Crippen molar-refractivity contribution in [3.8, 4) is 0 Å². The second kappa shape index (κ2) is 7.83. The van der Waals surface area contributed by atoms with Crippen LogP contribution in [-0.4, -0.2) is 40.4 Å². The molecule has 3 rings (SSSR count). The number of carbonyl (C=O) groups excluding carboxylic acids is 1. The molecule has 120 valence electrons. The Balaban J connectivity index is 1.63. The topological polar surface area (TPSA) is 58.1 Å². The molecule has 1 amide bonds. The molecule has 23 heavy (non-hydrogen) atoms. The van der Waals surface area contributed by atoms with Gasteiger partial charge in [0, 0.05) is 37.3 Å². The highest BCUT2D eigenvalue weighted by atomic mass is 16.2. The molecule has 0 aromatic carbocycles. The van der Waals surface area contributed by atoms with Crippen LogP contribution in [0.4, 0.5) is 0 Å². The lowest BCUT2D eigenvalue weighted by molar-refractivity contribution is -0.126. The van der Waals surface area contributed by atoms with Crippen LogP contribution in [0.1, 0.15) is 30.1 Å². The summed E-state index contributed by atoms with van der Waals surface area (Å²) in [7, 11) is 0. The fraction of sp³-hybridized carbons (Fsp3) is 0.389. The molecular formula is C18H22N4O. The van der Waals surface area contributed by atoms with Crippen LogP contribution < -0.4 is 5.32 Å². The van der Waals surface area contributed by atoms with Crippen molar-refractivity contribution in [2.75, 3.05) is 19.6 Å². The van der Waals surface area contributed by atoms with Gasteiger partial charge >= 0.3 is 0 Å². The second-order valence-electron chi connectivity index (χ2n) is 5.79. The maximum Gasteiger partial charge on any atom is 0.242 e. The number of hydrogen-bond donors (Lipinski definition) is 1. The molecule has 2 aromatic rings. The summed E-state index contributed by atoms with van der Waals surface area (Å²) in [6.07, 6.45) is 8.35. The highest BCUT2D eigenvalue weighted by Crippen LogP contribution is 2.24. The van der Waals surface area contributed by atoms with Crippen LogP contribution in [-0.2, 0) is 11.2 Å². The van der Waals surface area contributed by atoms with Gasteiger partial charge in [0.15, 0.2) is 0 Å². The summed E-state index contributed by atoms with van der Waals surface area (Å²) >= 11 is 0. The fourth-order valence-corrected chi connectivity index (χ4v) is 3.02. The third kappa shape index (κ3) is 4.13. The van der Waals surface area contributed by atoms with Crippen molar-refractivity contribution < 1.29 is 4.79 Å². The minimum Gasteiger partial charge on any atom is -0.354 e. The molecule has 1 aliphatic rings. The van der Waals surface area contributed by atoms with E-state index >= 15 is 0 Å². The number of nitrogens with zero attached hydrogens (tertiary/aromatic N) is 3. The zero-order chi connectivity index (χ0) is 15.9. The van der Waals surface area contributed by atoms with E-state index in [1.54, 1.807) is 18.6 Å². The molecule has 1 aliphatic heterocycles. The van der Waals surface area contributed by atoms with Crippen LogP contribution in [0.15, 0.2) is 48.9 Å². The molecule has 1 saturated heterocycles. The number of amides is 1. The Morgan fingerprint density at radius 3 is 2.74 bits per heavy atom. The van der Waals surface area contributed by atoms with Crippen molar-refractivity contribution in [1.82, 2.24) is 20.2 Å². The van der Waals surface area contributed by atoms with Crippen molar-refractivity contribution in [1.29, 1.82) is 0 Å². The molecule has 5 heteroatoms. The molecule has 0 aliphatic carbocycles. The van der Waals surface area contributed by atoms with E-state index < -0.39 is 0 Å². The van der Waals surface area contributed by atoms with Gasteiger partial charge in [-0.3, -0.25) is 19.7 Å². The minimum atomic E-state index is -0.241. The Hall–Kier alpha value is -2.27. The SMILES string of the molecule is O=C(NCCc1ccccn1)[C@@H](c1cccnc1)N1CCCC1. The van der Waals surface area contributed by atoms with E-state index in [-0.39, 0.29) is 11.9 Å². The standard InChI is InChI=1S/C18H22N4O/c23-18(21-11-8-16-7-1-2-10-20-16)17(22-12-3-4-13-22)15-6-5-9-19-14-15/h1-2,5-7,9-10,14,17H,3-4,8,11-13H2,(H,21,23)/t17-/m1/s1. The lowest BCUT2D eigenvalue weighted by atomic mass is 10.1. The van der Waals surface area contributed by atoms with Crippen LogP contribution in [0, 0.1) is 0 Å². The van der Waals surface area contributed by atoms with Gasteiger partial charge in [-0.25, -0.2) is 0 Å². The Kier molecular flexibility index (Phi) is 5.32. The van der Waals surface area contributed by atoms with Crippen molar-refractivity contribution >= 4 is 5.91 Å². The summed E-state index contributed by atoms with van der Waals surface area (Å²) in [5, 5.41) is 3.06. The van der Waals surface area contributed by atoms with Crippen molar-refractivity contribution in [2.24, 2.45) is 0 Å². The molecule has 1 fully saturated rings. The summed E-state index contributed by atoms with van der Waals surface area (Å²) in [5.41, 5.74) is 1.96. The van der Waals surface area contributed by atoms with E-state index in [1.165, 1.54) is 0 Å². The van der Waals surface area contributed by atoms with Crippen LogP contribution in [0.3, 0.4) is 0 Å². The van der Waals surface area contributed by atoms with Crippen LogP contribution in [0.25, 0.3) is 0 Å². The number of aromatic nitrogens is 2. The van der Waals surface area contributed by atoms with E-state index in [0.29, 0.717) is 6.54 Å². The minimum absolute atomic E-state index is 0.0517. The Labute approximate surface area is 136 Å². The molecule has 1 atom stereocenters. The molecule has 0 spiro atoms. The first kappa shape index (κ1) is 15.6. The summed E-state index contributed by atoms with van der Waals surface area (Å²) < 4.78 is 0. The van der Waals surface area contributed by atoms with E-state index in [9.17, 15) is 4.79 Å². The summed E-state index contributed by atoms with van der Waals surface area (Å²) in [6.45, 7) is 2.53. The van der Waals surface area contributed by atoms with E-state index in [0.717, 1.165) is 43.6 Å². The van der Waals surface area contributed by atoms with E-state index in [2.05, 4.69) is 20.2 Å². The number of rotatable bonds is 6. The Morgan fingerprint density at radius 1 is 1.17 bits per heavy atom. The molecule has 0 bridgehead atoms. The van der Waals surface area contributed by atoms with Gasteiger partial charge in [0.25, 0.3) is 0 Å². The third-order valence-corrected chi connectivity index (χ3v) is 4.16. The quantitative estimate of drug-likeness (QED) is 0.886. The lowest BCUT2D eigenvalue weighted by Crippen LogP contribution is -2.40. The van der Waals surface area contributed by atoms with Gasteiger partial charge in [-0.1, -0.05) is 12.1 Å². The molecule has 5 nitrogen and oxygen atoms in total. The Morgan fingerprint density at radius 2 is 2.04 bits per heavy atom. The van der Waals surface area contributed by atoms with Gasteiger partial charge in [0.05, 0.1) is 0 Å². The monoisotopic (exact) mass is 310 g/mol. The molecule has 0 radical (unpaired) electrons. The predicted molar refractivity (Wildman–Crippen MR) is 88.7 cm³/mol. The molecule has 0 saturated carbocycles. The van der Waals surface area contributed by atoms with Gasteiger partial charge in [-0.2, -0.15) is 0 Å². The van der Waals surface area contributed by atoms with Gasteiger partial charge in [-0.05, 0) is 49.7 Å². The van der Waals surface area contributed by atoms with Crippen molar-refractivity contribution in [3.63, 3.8) is 0 Å². The molecule has 0 unspecified atom stereocenters. The summed E-state index contributed by atoms with van der Waals surface area (Å²) in [4.78, 5) is 23.4. The van der Waals surface area contributed by atoms with Gasteiger partial charge in [0.1, 0.15) is 6.04 Å². The maximum absolute atomic E-state index is 12.7. The lowest BCUT2D eigenvalue weighted by Gasteiger charge is -2.26. The zero-order valence-electron chi connectivity index (χ0n) is 13.2. The highest BCUT2D eigenvalue weighted by Gasteiger charge is 2.29. The average molecular weight is 310 g/mol. The normalized spacial score (nSPS) is 16.2. The summed E-state index contributed by atoms with van der Waals surface area (Å²) in [6, 6.07) is 9.47. The predicted octanol–water partition coefficient (Wildman–Crippen LogP) is 1.97. The number of pyridine rings is 2. The van der Waals surface area contributed by atoms with Gasteiger partial charge in [-0.15, -0.1) is 0 Å². The fourth-order valence-electron chi connectivity index (χ4n) is 3.02. The average Bonchev–Trinajstić information content (AvgIpc) is 3.11. The Bertz CT molecular complexity index is 611. The van der Waals surface area contributed by atoms with Crippen LogP contribution in [0.2, 0.25) is 0 Å². The third-order valence-electron chi connectivity index (χ3n) is 4.16. The highest BCUT2D eigenvalue weighted by molar-refractivity contribution is 5.83. The molecule has 2 aromatic heterocycles. The number of likely N-dealkylation sites (tertiary alicyclic amines) is 1. The molecule has 1 N–H and O–H groups in total. The first-order valence-corrected chi connectivity index (χ1v) is 8.16. The van der Waals surface area contributed by atoms with E-state index in [1.807, 2.05) is 30.3 Å². The van der Waals surface area contributed by atoms with E-state index in [4.69, 9.17) is 0 Å². The number of nitrogens with one attached hydrogen (secondary N) is 1. The zero-order valence-corrected chi connectivity index (χ0v) is 13.2. The van der Waals surface area contributed by atoms with Crippen LogP contribution >= 0.6 is 0 Å². The second-order valence-corrected chi connectivity index (χ2v) is 5.79. The van der Waals surface area contributed by atoms with Crippen LogP contribution in [0.5, 0.6) is 0 Å². The van der Waals surface area contributed by atoms with Gasteiger partial charge < -0.3 is 5.32 Å². The molecule has 3 heterocycles. The number of hydrogen-bond acceptors (Lipinski definition) is 4. The smallest absolute Gasteiger partial charge is 0.242 e. The molecular weight excluding hydrogens is 288 g/mol. The number of carbonyl (C=O) groups is 1. The first-order chi connectivity index (χ1) is 11.3. The van der Waals surface area contributed by atoms with Crippen molar-refractivity contribution in [2.45, 2.75) is 25.3 Å². The van der Waals surface area contributed by atoms with Gasteiger partial charge in [0.2, 0.25) is 5.91 Å². The first-order valence-electron chi connectivity index (χ1n) is 8.16. The summed E-state index contributed by atoms with van der Waals surface area (Å²) in [5.74, 6) is 0.0517. The maximum atomic E-state index is 12.7.